The summed E-state index contributed by atoms with van der Waals surface area (Å²) in [7, 11) is 0. The number of amides is 1. The molecule has 1 aliphatic rings. The second-order valence-electron chi connectivity index (χ2n) is 6.15. The minimum atomic E-state index is 0.0560. The molecule has 0 spiro atoms. The van der Waals surface area contributed by atoms with E-state index in [9.17, 15) is 4.79 Å². The molecule has 21 heavy (non-hydrogen) atoms. The third-order valence-electron chi connectivity index (χ3n) is 3.76. The van der Waals surface area contributed by atoms with Crippen molar-refractivity contribution in [1.82, 2.24) is 4.90 Å². The minimum Gasteiger partial charge on any atom is -0.494 e. The van der Waals surface area contributed by atoms with Gasteiger partial charge in [-0.05, 0) is 49.4 Å². The van der Waals surface area contributed by atoms with Gasteiger partial charge in [0.2, 0.25) is 5.91 Å². The van der Waals surface area contributed by atoms with Gasteiger partial charge in [0.15, 0.2) is 0 Å². The van der Waals surface area contributed by atoms with E-state index in [1.165, 1.54) is 6.42 Å². The fourth-order valence-corrected chi connectivity index (χ4v) is 3.13. The van der Waals surface area contributed by atoms with Gasteiger partial charge in [-0.3, -0.25) is 9.69 Å². The smallest absolute Gasteiger partial charge is 0.238 e. The van der Waals surface area contributed by atoms with Gasteiger partial charge in [0.25, 0.3) is 0 Å². The topological polar surface area (TPSA) is 41.6 Å². The molecule has 1 aromatic carbocycles. The lowest BCUT2D eigenvalue weighted by molar-refractivity contribution is -0.117. The first-order valence-corrected chi connectivity index (χ1v) is 7.82. The highest BCUT2D eigenvalue weighted by atomic mass is 16.5. The zero-order valence-electron chi connectivity index (χ0n) is 13.3. The maximum atomic E-state index is 12.1. The highest BCUT2D eigenvalue weighted by Gasteiger charge is 2.23. The third-order valence-corrected chi connectivity index (χ3v) is 3.76. The number of hydrogen-bond acceptors (Lipinski definition) is 3. The lowest BCUT2D eigenvalue weighted by atomic mass is 9.92. The summed E-state index contributed by atoms with van der Waals surface area (Å²) in [6.07, 6.45) is 1.26. The number of benzene rings is 1. The molecular weight excluding hydrogens is 264 g/mol. The highest BCUT2D eigenvalue weighted by Crippen LogP contribution is 2.21. The Kier molecular flexibility index (Phi) is 5.62. The average Bonchev–Trinajstić information content (AvgIpc) is 2.40. The molecule has 1 amide bonds. The molecule has 1 fully saturated rings. The van der Waals surface area contributed by atoms with Gasteiger partial charge in [0.05, 0.1) is 13.2 Å². The van der Waals surface area contributed by atoms with Crippen LogP contribution in [-0.4, -0.2) is 37.0 Å². The zero-order chi connectivity index (χ0) is 15.2. The second kappa shape index (κ2) is 7.46. The molecule has 4 heteroatoms. The first-order valence-electron chi connectivity index (χ1n) is 7.82. The Balaban J connectivity index is 1.83. The average molecular weight is 290 g/mol. The molecule has 0 bridgehead atoms. The number of ether oxygens (including phenoxy) is 1. The number of hydrogen-bond donors (Lipinski definition) is 1. The van der Waals surface area contributed by atoms with Crippen molar-refractivity contribution in [3.05, 3.63) is 24.3 Å². The number of rotatable bonds is 5. The van der Waals surface area contributed by atoms with Crippen molar-refractivity contribution < 1.29 is 9.53 Å². The standard InChI is InChI=1S/C17H26N2O2/c1-4-21-16-7-5-15(6-8-16)18-17(20)12-19-10-13(2)9-14(3)11-19/h5-8,13-14H,4,9-12H2,1-3H3,(H,18,20)/t13-,14+. The van der Waals surface area contributed by atoms with Crippen LogP contribution in [-0.2, 0) is 4.79 Å². The monoisotopic (exact) mass is 290 g/mol. The van der Waals surface area contributed by atoms with Gasteiger partial charge in [-0.25, -0.2) is 0 Å². The Bertz CT molecular complexity index is 448. The molecular formula is C17H26N2O2. The summed E-state index contributed by atoms with van der Waals surface area (Å²) < 4.78 is 5.39. The maximum absolute atomic E-state index is 12.1. The Labute approximate surface area is 127 Å². The Hall–Kier alpha value is -1.55. The van der Waals surface area contributed by atoms with E-state index in [0.29, 0.717) is 25.0 Å². The van der Waals surface area contributed by atoms with Crippen LogP contribution in [0.3, 0.4) is 0 Å². The quantitative estimate of drug-likeness (QED) is 0.906. The molecule has 4 nitrogen and oxygen atoms in total. The van der Waals surface area contributed by atoms with Crippen LogP contribution >= 0.6 is 0 Å². The molecule has 2 atom stereocenters. The number of nitrogens with one attached hydrogen (secondary N) is 1. The van der Waals surface area contributed by atoms with Crippen molar-refractivity contribution in [2.45, 2.75) is 27.2 Å². The molecule has 0 aromatic heterocycles. The van der Waals surface area contributed by atoms with Crippen LogP contribution in [0.15, 0.2) is 24.3 Å². The van der Waals surface area contributed by atoms with Crippen LogP contribution in [0.25, 0.3) is 0 Å². The van der Waals surface area contributed by atoms with Gasteiger partial charge in [0.1, 0.15) is 5.75 Å². The van der Waals surface area contributed by atoms with Crippen molar-refractivity contribution in [3.8, 4) is 5.75 Å². The van der Waals surface area contributed by atoms with Crippen molar-refractivity contribution >= 4 is 11.6 Å². The van der Waals surface area contributed by atoms with Crippen LogP contribution in [0.4, 0.5) is 5.69 Å². The molecule has 0 unspecified atom stereocenters. The normalized spacial score (nSPS) is 22.8. The van der Waals surface area contributed by atoms with Crippen molar-refractivity contribution in [2.24, 2.45) is 11.8 Å². The van der Waals surface area contributed by atoms with Crippen molar-refractivity contribution in [2.75, 3.05) is 31.6 Å². The van der Waals surface area contributed by atoms with Gasteiger partial charge in [-0.1, -0.05) is 13.8 Å². The van der Waals surface area contributed by atoms with E-state index in [0.717, 1.165) is 24.5 Å². The Morgan fingerprint density at radius 1 is 1.24 bits per heavy atom. The van der Waals surface area contributed by atoms with Crippen LogP contribution in [0.1, 0.15) is 27.2 Å². The summed E-state index contributed by atoms with van der Waals surface area (Å²) in [5.41, 5.74) is 0.821. The number of anilines is 1. The van der Waals surface area contributed by atoms with E-state index in [4.69, 9.17) is 4.74 Å². The molecule has 2 rings (SSSR count). The fraction of sp³-hybridized carbons (Fsp3) is 0.588. The molecule has 0 radical (unpaired) electrons. The molecule has 0 aliphatic carbocycles. The van der Waals surface area contributed by atoms with Crippen molar-refractivity contribution in [3.63, 3.8) is 0 Å². The van der Waals surface area contributed by atoms with Gasteiger partial charge in [0, 0.05) is 18.8 Å². The first-order chi connectivity index (χ1) is 10.1. The number of carbonyl (C=O) groups is 1. The van der Waals surface area contributed by atoms with E-state index >= 15 is 0 Å². The molecule has 0 saturated carbocycles. The second-order valence-corrected chi connectivity index (χ2v) is 6.15. The third kappa shape index (κ3) is 5.05. The van der Waals surface area contributed by atoms with Gasteiger partial charge >= 0.3 is 0 Å². The van der Waals surface area contributed by atoms with Crippen molar-refractivity contribution in [1.29, 1.82) is 0 Å². The molecule has 116 valence electrons. The van der Waals surface area contributed by atoms with Crippen LogP contribution in [0.2, 0.25) is 0 Å². The lowest BCUT2D eigenvalue weighted by Gasteiger charge is -2.34. The summed E-state index contributed by atoms with van der Waals surface area (Å²) in [4.78, 5) is 14.4. The molecule has 1 heterocycles. The van der Waals surface area contributed by atoms with E-state index < -0.39 is 0 Å². The number of likely N-dealkylation sites (tertiary alicyclic amines) is 1. The van der Waals surface area contributed by atoms with E-state index in [1.54, 1.807) is 0 Å². The summed E-state index contributed by atoms with van der Waals surface area (Å²) in [5.74, 6) is 2.23. The van der Waals surface area contributed by atoms with Crippen LogP contribution in [0, 0.1) is 11.8 Å². The summed E-state index contributed by atoms with van der Waals surface area (Å²) >= 11 is 0. The maximum Gasteiger partial charge on any atom is 0.238 e. The first kappa shape index (κ1) is 15.8. The summed E-state index contributed by atoms with van der Waals surface area (Å²) in [6, 6.07) is 7.52. The highest BCUT2D eigenvalue weighted by molar-refractivity contribution is 5.92. The van der Waals surface area contributed by atoms with Crippen LogP contribution in [0.5, 0.6) is 5.75 Å². The summed E-state index contributed by atoms with van der Waals surface area (Å²) in [6.45, 7) is 9.62. The predicted molar refractivity (Wildman–Crippen MR) is 85.6 cm³/mol. The van der Waals surface area contributed by atoms with E-state index in [-0.39, 0.29) is 5.91 Å². The van der Waals surface area contributed by atoms with Gasteiger partial charge < -0.3 is 10.1 Å². The number of carbonyl (C=O) groups excluding carboxylic acids is 1. The number of nitrogens with zero attached hydrogens (tertiary/aromatic N) is 1. The van der Waals surface area contributed by atoms with Gasteiger partial charge in [-0.2, -0.15) is 0 Å². The summed E-state index contributed by atoms with van der Waals surface area (Å²) in [5, 5.41) is 2.95. The largest absolute Gasteiger partial charge is 0.494 e. The number of piperidine rings is 1. The SMILES string of the molecule is CCOc1ccc(NC(=O)CN2C[C@H](C)C[C@H](C)C2)cc1. The molecule has 1 saturated heterocycles. The lowest BCUT2D eigenvalue weighted by Crippen LogP contribution is -2.42. The Morgan fingerprint density at radius 2 is 1.86 bits per heavy atom. The predicted octanol–water partition coefficient (Wildman–Crippen LogP) is 3.00. The Morgan fingerprint density at radius 3 is 2.43 bits per heavy atom. The molecule has 1 N–H and O–H groups in total. The molecule has 1 aromatic rings. The minimum absolute atomic E-state index is 0.0560. The molecule has 1 aliphatic heterocycles. The van der Waals surface area contributed by atoms with Gasteiger partial charge in [-0.15, -0.1) is 0 Å². The van der Waals surface area contributed by atoms with Crippen LogP contribution < -0.4 is 10.1 Å². The van der Waals surface area contributed by atoms with E-state index in [1.807, 2.05) is 31.2 Å². The van der Waals surface area contributed by atoms with E-state index in [2.05, 4.69) is 24.1 Å². The zero-order valence-corrected chi connectivity index (χ0v) is 13.3. The fourth-order valence-electron chi connectivity index (χ4n) is 3.13.